The number of hydrogen-bond acceptors (Lipinski definition) is 3. The molecule has 0 aliphatic carbocycles. The molecular formula is C16H21N3. The Labute approximate surface area is 114 Å². The van der Waals surface area contributed by atoms with Crippen molar-refractivity contribution in [2.75, 3.05) is 0 Å². The first-order chi connectivity index (χ1) is 9.24. The fourth-order valence-electron chi connectivity index (χ4n) is 2.29. The highest BCUT2D eigenvalue weighted by Gasteiger charge is 2.14. The fraction of sp³-hybridized carbons (Fsp3) is 0.312. The van der Waals surface area contributed by atoms with Crippen molar-refractivity contribution in [3.8, 4) is 0 Å². The smallest absolute Gasteiger partial charge is 0.0881 e. The van der Waals surface area contributed by atoms with Crippen LogP contribution in [0.25, 0.3) is 0 Å². The van der Waals surface area contributed by atoms with Gasteiger partial charge in [-0.05, 0) is 36.6 Å². The number of nitrogens with one attached hydrogen (secondary N) is 1. The zero-order valence-corrected chi connectivity index (χ0v) is 11.6. The molecule has 0 aliphatic rings. The summed E-state index contributed by atoms with van der Waals surface area (Å²) in [4.78, 5) is 4.55. The van der Waals surface area contributed by atoms with E-state index in [-0.39, 0.29) is 6.04 Å². The number of rotatable bonds is 5. The molecule has 0 saturated heterocycles. The average Bonchev–Trinajstić information content (AvgIpc) is 2.41. The van der Waals surface area contributed by atoms with E-state index in [1.54, 1.807) is 0 Å². The summed E-state index contributed by atoms with van der Waals surface area (Å²) < 4.78 is 0. The number of benzene rings is 1. The molecule has 0 aliphatic heterocycles. The Hall–Kier alpha value is -1.71. The van der Waals surface area contributed by atoms with Gasteiger partial charge in [0.25, 0.3) is 0 Å². The SMILES string of the molecule is CCCc1cccc(C(NN)c2cccc(C)n2)c1. The number of pyridine rings is 1. The first-order valence-electron chi connectivity index (χ1n) is 6.73. The molecule has 0 fully saturated rings. The third-order valence-electron chi connectivity index (χ3n) is 3.20. The molecule has 19 heavy (non-hydrogen) atoms. The van der Waals surface area contributed by atoms with Crippen molar-refractivity contribution in [2.45, 2.75) is 32.7 Å². The van der Waals surface area contributed by atoms with E-state index in [0.29, 0.717) is 0 Å². The molecule has 0 amide bonds. The molecule has 100 valence electrons. The van der Waals surface area contributed by atoms with Crippen LogP contribution in [-0.2, 0) is 6.42 Å². The normalized spacial score (nSPS) is 12.4. The minimum Gasteiger partial charge on any atom is -0.271 e. The second kappa shape index (κ2) is 6.45. The van der Waals surface area contributed by atoms with Gasteiger partial charge in [0.15, 0.2) is 0 Å². The van der Waals surface area contributed by atoms with E-state index in [1.807, 2.05) is 25.1 Å². The number of aryl methyl sites for hydroxylation is 2. The Balaban J connectivity index is 2.33. The van der Waals surface area contributed by atoms with Crippen molar-refractivity contribution in [1.29, 1.82) is 0 Å². The van der Waals surface area contributed by atoms with Gasteiger partial charge in [-0.2, -0.15) is 0 Å². The highest BCUT2D eigenvalue weighted by Crippen LogP contribution is 2.21. The van der Waals surface area contributed by atoms with Gasteiger partial charge < -0.3 is 0 Å². The van der Waals surface area contributed by atoms with Crippen LogP contribution in [0.5, 0.6) is 0 Å². The molecule has 1 aromatic carbocycles. The van der Waals surface area contributed by atoms with Crippen molar-refractivity contribution in [3.63, 3.8) is 0 Å². The Kier molecular flexibility index (Phi) is 4.66. The van der Waals surface area contributed by atoms with Crippen LogP contribution in [0.2, 0.25) is 0 Å². The highest BCUT2D eigenvalue weighted by molar-refractivity contribution is 5.32. The van der Waals surface area contributed by atoms with Crippen LogP contribution in [0, 0.1) is 6.92 Å². The summed E-state index contributed by atoms with van der Waals surface area (Å²) >= 11 is 0. The van der Waals surface area contributed by atoms with Crippen LogP contribution in [-0.4, -0.2) is 4.98 Å². The molecule has 2 rings (SSSR count). The summed E-state index contributed by atoms with van der Waals surface area (Å²) in [5.74, 6) is 5.72. The van der Waals surface area contributed by atoms with Crippen LogP contribution < -0.4 is 11.3 Å². The van der Waals surface area contributed by atoms with Gasteiger partial charge in [0.2, 0.25) is 0 Å². The summed E-state index contributed by atoms with van der Waals surface area (Å²) in [5, 5.41) is 0. The number of hydrogen-bond donors (Lipinski definition) is 2. The van der Waals surface area contributed by atoms with Gasteiger partial charge in [0.05, 0.1) is 11.7 Å². The van der Waals surface area contributed by atoms with Crippen molar-refractivity contribution in [2.24, 2.45) is 5.84 Å². The van der Waals surface area contributed by atoms with Crippen LogP contribution in [0.3, 0.4) is 0 Å². The Morgan fingerprint density at radius 1 is 1.21 bits per heavy atom. The summed E-state index contributed by atoms with van der Waals surface area (Å²) in [6.45, 7) is 4.18. The van der Waals surface area contributed by atoms with Crippen molar-refractivity contribution < 1.29 is 0 Å². The molecule has 0 saturated carbocycles. The van der Waals surface area contributed by atoms with Gasteiger partial charge in [-0.15, -0.1) is 0 Å². The van der Waals surface area contributed by atoms with Crippen molar-refractivity contribution in [3.05, 3.63) is 65.0 Å². The summed E-state index contributed by atoms with van der Waals surface area (Å²) in [5.41, 5.74) is 7.33. The van der Waals surface area contributed by atoms with E-state index < -0.39 is 0 Å². The maximum atomic E-state index is 5.72. The largest absolute Gasteiger partial charge is 0.271 e. The number of nitrogens with zero attached hydrogens (tertiary/aromatic N) is 1. The highest BCUT2D eigenvalue weighted by atomic mass is 15.2. The van der Waals surface area contributed by atoms with E-state index in [0.717, 1.165) is 29.8 Å². The zero-order chi connectivity index (χ0) is 13.7. The molecule has 3 heteroatoms. The molecule has 1 unspecified atom stereocenters. The molecule has 0 radical (unpaired) electrons. The Bertz CT molecular complexity index is 537. The lowest BCUT2D eigenvalue weighted by Crippen LogP contribution is -2.29. The summed E-state index contributed by atoms with van der Waals surface area (Å²) in [6, 6.07) is 14.5. The lowest BCUT2D eigenvalue weighted by atomic mass is 9.99. The standard InChI is InChI=1S/C16H21N3/c1-3-6-13-8-5-9-14(11-13)16(19-17)15-10-4-7-12(2)18-15/h4-5,7-11,16,19H,3,6,17H2,1-2H3. The van der Waals surface area contributed by atoms with Crippen molar-refractivity contribution in [1.82, 2.24) is 10.4 Å². The molecular weight excluding hydrogens is 234 g/mol. The monoisotopic (exact) mass is 255 g/mol. The first-order valence-corrected chi connectivity index (χ1v) is 6.73. The van der Waals surface area contributed by atoms with Crippen LogP contribution >= 0.6 is 0 Å². The molecule has 1 heterocycles. The summed E-state index contributed by atoms with van der Waals surface area (Å²) in [7, 11) is 0. The average molecular weight is 255 g/mol. The quantitative estimate of drug-likeness (QED) is 0.638. The lowest BCUT2D eigenvalue weighted by molar-refractivity contribution is 0.618. The predicted octanol–water partition coefficient (Wildman–Crippen LogP) is 2.90. The minimum absolute atomic E-state index is 0.0586. The first kappa shape index (κ1) is 13.7. The zero-order valence-electron chi connectivity index (χ0n) is 11.6. The molecule has 0 bridgehead atoms. The van der Waals surface area contributed by atoms with Gasteiger partial charge in [-0.25, -0.2) is 5.43 Å². The number of hydrazine groups is 1. The van der Waals surface area contributed by atoms with E-state index in [1.165, 1.54) is 5.56 Å². The van der Waals surface area contributed by atoms with E-state index >= 15 is 0 Å². The van der Waals surface area contributed by atoms with E-state index in [4.69, 9.17) is 5.84 Å². The number of aromatic nitrogens is 1. The third kappa shape index (κ3) is 3.40. The topological polar surface area (TPSA) is 50.9 Å². The Morgan fingerprint density at radius 2 is 2.00 bits per heavy atom. The van der Waals surface area contributed by atoms with Gasteiger partial charge in [0.1, 0.15) is 0 Å². The van der Waals surface area contributed by atoms with Gasteiger partial charge in [-0.1, -0.05) is 43.7 Å². The molecule has 2 aromatic rings. The lowest BCUT2D eigenvalue weighted by Gasteiger charge is -2.17. The van der Waals surface area contributed by atoms with E-state index in [9.17, 15) is 0 Å². The minimum atomic E-state index is -0.0586. The van der Waals surface area contributed by atoms with Gasteiger partial charge in [0, 0.05) is 5.69 Å². The molecule has 0 spiro atoms. The molecule has 3 N–H and O–H groups in total. The molecule has 1 atom stereocenters. The van der Waals surface area contributed by atoms with Crippen LogP contribution in [0.15, 0.2) is 42.5 Å². The fourth-order valence-corrected chi connectivity index (χ4v) is 2.29. The second-order valence-electron chi connectivity index (χ2n) is 4.80. The maximum absolute atomic E-state index is 5.72. The van der Waals surface area contributed by atoms with Gasteiger partial charge in [-0.3, -0.25) is 10.8 Å². The van der Waals surface area contributed by atoms with Gasteiger partial charge >= 0.3 is 0 Å². The molecule has 3 nitrogen and oxygen atoms in total. The molecule has 1 aromatic heterocycles. The predicted molar refractivity (Wildman–Crippen MR) is 78.6 cm³/mol. The van der Waals surface area contributed by atoms with E-state index in [2.05, 4.69) is 41.6 Å². The third-order valence-corrected chi connectivity index (χ3v) is 3.20. The number of nitrogens with two attached hydrogens (primary N) is 1. The summed E-state index contributed by atoms with van der Waals surface area (Å²) in [6.07, 6.45) is 2.24. The van der Waals surface area contributed by atoms with Crippen LogP contribution in [0.1, 0.15) is 41.9 Å². The maximum Gasteiger partial charge on any atom is 0.0881 e. The van der Waals surface area contributed by atoms with Crippen LogP contribution in [0.4, 0.5) is 0 Å². The Morgan fingerprint density at radius 3 is 2.68 bits per heavy atom. The second-order valence-corrected chi connectivity index (χ2v) is 4.80. The van der Waals surface area contributed by atoms with Crippen molar-refractivity contribution >= 4 is 0 Å².